The van der Waals surface area contributed by atoms with Gasteiger partial charge < -0.3 is 15.6 Å². The van der Waals surface area contributed by atoms with E-state index < -0.39 is 0 Å². The van der Waals surface area contributed by atoms with Crippen molar-refractivity contribution in [3.63, 3.8) is 0 Å². The summed E-state index contributed by atoms with van der Waals surface area (Å²) in [5, 5.41) is 7.70. The van der Waals surface area contributed by atoms with Crippen LogP contribution in [0.15, 0.2) is 30.7 Å². The molecule has 3 N–H and O–H groups in total. The fourth-order valence-electron chi connectivity index (χ4n) is 2.19. The topological polar surface area (TPSA) is 78.5 Å². The average molecular weight is 280 g/mol. The number of anilines is 3. The number of fused-ring (bicyclic) bond motifs is 1. The second-order valence-corrected chi connectivity index (χ2v) is 5.41. The van der Waals surface area contributed by atoms with Gasteiger partial charge in [0.1, 0.15) is 11.5 Å². The molecule has 0 unspecified atom stereocenters. The first-order valence-corrected chi connectivity index (χ1v) is 7.08. The fourth-order valence-corrected chi connectivity index (χ4v) is 2.19. The Morgan fingerprint density at radius 3 is 3.00 bits per heavy atom. The van der Waals surface area contributed by atoms with Crippen LogP contribution in [0, 0.1) is 6.92 Å². The Bertz CT molecular complexity index is 790. The van der Waals surface area contributed by atoms with E-state index in [4.69, 9.17) is 0 Å². The zero-order chi connectivity index (χ0) is 14.2. The smallest absolute Gasteiger partial charge is 0.224 e. The summed E-state index contributed by atoms with van der Waals surface area (Å²) in [5.41, 5.74) is 2.81. The molecule has 6 nitrogen and oxygen atoms in total. The molecule has 3 aromatic heterocycles. The largest absolute Gasteiger partial charge is 0.351 e. The van der Waals surface area contributed by atoms with Crippen molar-refractivity contribution in [2.75, 3.05) is 10.6 Å². The van der Waals surface area contributed by atoms with Crippen LogP contribution in [0.5, 0.6) is 0 Å². The predicted molar refractivity (Wildman–Crippen MR) is 82.8 cm³/mol. The average Bonchev–Trinajstić information content (AvgIpc) is 3.17. The molecule has 0 spiro atoms. The third-order valence-electron chi connectivity index (χ3n) is 3.55. The van der Waals surface area contributed by atoms with Crippen molar-refractivity contribution in [3.8, 4) is 0 Å². The number of nitrogens with zero attached hydrogens (tertiary/aromatic N) is 3. The fraction of sp³-hybridized carbons (Fsp3) is 0.267. The van der Waals surface area contributed by atoms with Crippen LogP contribution in [0.25, 0.3) is 11.0 Å². The van der Waals surface area contributed by atoms with Crippen molar-refractivity contribution < 1.29 is 0 Å². The highest BCUT2D eigenvalue weighted by molar-refractivity contribution is 5.80. The Hall–Kier alpha value is -2.63. The number of H-pyrrole nitrogens is 1. The lowest BCUT2D eigenvalue weighted by molar-refractivity contribution is 1.04. The van der Waals surface area contributed by atoms with E-state index in [0.717, 1.165) is 28.1 Å². The summed E-state index contributed by atoms with van der Waals surface area (Å²) < 4.78 is 0. The van der Waals surface area contributed by atoms with Gasteiger partial charge in [0.05, 0.1) is 11.9 Å². The van der Waals surface area contributed by atoms with Gasteiger partial charge in [0.25, 0.3) is 0 Å². The van der Waals surface area contributed by atoms with Crippen LogP contribution in [-0.4, -0.2) is 26.0 Å². The monoisotopic (exact) mass is 280 g/mol. The minimum atomic E-state index is 0.540. The van der Waals surface area contributed by atoms with Crippen molar-refractivity contribution in [1.82, 2.24) is 19.9 Å². The van der Waals surface area contributed by atoms with Crippen molar-refractivity contribution in [2.24, 2.45) is 0 Å². The highest BCUT2D eigenvalue weighted by atomic mass is 15.2. The standard InChI is InChI=1S/C15H16N6/c1-9-7-18-15(20-11-2-3-11)21-13(9)19-12-6-10-4-5-16-14(10)17-8-12/h4-8,11H,2-3H2,1H3,(H,16,17)(H2,18,19,20,21). The summed E-state index contributed by atoms with van der Waals surface area (Å²) in [7, 11) is 0. The van der Waals surface area contributed by atoms with Crippen LogP contribution < -0.4 is 10.6 Å². The summed E-state index contributed by atoms with van der Waals surface area (Å²) in [6.45, 7) is 1.99. The summed E-state index contributed by atoms with van der Waals surface area (Å²) >= 11 is 0. The van der Waals surface area contributed by atoms with Crippen LogP contribution >= 0.6 is 0 Å². The molecule has 0 atom stereocenters. The van der Waals surface area contributed by atoms with E-state index >= 15 is 0 Å². The first-order chi connectivity index (χ1) is 10.3. The molecule has 4 rings (SSSR count). The Morgan fingerprint density at radius 2 is 2.14 bits per heavy atom. The molecule has 0 saturated heterocycles. The van der Waals surface area contributed by atoms with Gasteiger partial charge in [-0.3, -0.25) is 0 Å². The molecule has 3 heterocycles. The van der Waals surface area contributed by atoms with Crippen molar-refractivity contribution in [3.05, 3.63) is 36.3 Å². The Labute approximate surface area is 122 Å². The minimum absolute atomic E-state index is 0.540. The molecule has 3 aromatic rings. The summed E-state index contributed by atoms with van der Waals surface area (Å²) in [5.74, 6) is 1.49. The quantitative estimate of drug-likeness (QED) is 0.684. The maximum atomic E-state index is 4.55. The maximum absolute atomic E-state index is 4.55. The second kappa shape index (κ2) is 4.73. The normalized spacial score (nSPS) is 14.3. The van der Waals surface area contributed by atoms with Crippen LogP contribution in [0.1, 0.15) is 18.4 Å². The molecule has 0 bridgehead atoms. The first-order valence-electron chi connectivity index (χ1n) is 7.08. The lowest BCUT2D eigenvalue weighted by Gasteiger charge is -2.10. The third-order valence-corrected chi connectivity index (χ3v) is 3.55. The SMILES string of the molecule is Cc1cnc(NC2CC2)nc1Nc1cnc2[nH]ccc2c1. The molecule has 1 fully saturated rings. The third kappa shape index (κ3) is 2.52. The van der Waals surface area contributed by atoms with Gasteiger partial charge in [-0.25, -0.2) is 9.97 Å². The van der Waals surface area contributed by atoms with Gasteiger partial charge in [0.15, 0.2) is 0 Å². The zero-order valence-electron chi connectivity index (χ0n) is 11.7. The lowest BCUT2D eigenvalue weighted by atomic mass is 10.3. The van der Waals surface area contributed by atoms with Gasteiger partial charge in [-0.1, -0.05) is 0 Å². The van der Waals surface area contributed by atoms with E-state index in [1.165, 1.54) is 12.8 Å². The second-order valence-electron chi connectivity index (χ2n) is 5.41. The molecule has 6 heteroatoms. The lowest BCUT2D eigenvalue weighted by Crippen LogP contribution is -2.07. The Morgan fingerprint density at radius 1 is 1.24 bits per heavy atom. The van der Waals surface area contributed by atoms with Gasteiger partial charge in [-0.05, 0) is 31.9 Å². The van der Waals surface area contributed by atoms with Crippen LogP contribution in [0.4, 0.5) is 17.5 Å². The van der Waals surface area contributed by atoms with Crippen molar-refractivity contribution in [1.29, 1.82) is 0 Å². The number of rotatable bonds is 4. The number of aromatic nitrogens is 4. The molecule has 1 aliphatic carbocycles. The van der Waals surface area contributed by atoms with Gasteiger partial charge >= 0.3 is 0 Å². The Balaban J connectivity index is 1.62. The van der Waals surface area contributed by atoms with Crippen molar-refractivity contribution in [2.45, 2.75) is 25.8 Å². The molecule has 1 saturated carbocycles. The first kappa shape index (κ1) is 12.1. The minimum Gasteiger partial charge on any atom is -0.351 e. The number of nitrogens with one attached hydrogen (secondary N) is 3. The molecule has 0 aliphatic heterocycles. The highest BCUT2D eigenvalue weighted by Gasteiger charge is 2.22. The Kier molecular flexibility index (Phi) is 2.73. The predicted octanol–water partition coefficient (Wildman–Crippen LogP) is 2.98. The number of pyridine rings is 1. The van der Waals surface area contributed by atoms with Gasteiger partial charge in [-0.2, -0.15) is 4.98 Å². The van der Waals surface area contributed by atoms with Gasteiger partial charge in [-0.15, -0.1) is 0 Å². The van der Waals surface area contributed by atoms with Crippen molar-refractivity contribution >= 4 is 28.5 Å². The van der Waals surface area contributed by atoms with E-state index in [1.807, 2.05) is 31.5 Å². The summed E-state index contributed by atoms with van der Waals surface area (Å²) in [6.07, 6.45) is 7.92. The molecule has 1 aliphatic rings. The zero-order valence-corrected chi connectivity index (χ0v) is 11.7. The van der Waals surface area contributed by atoms with Crippen LogP contribution in [-0.2, 0) is 0 Å². The number of hydrogen-bond donors (Lipinski definition) is 3. The van der Waals surface area contributed by atoms with E-state index in [0.29, 0.717) is 12.0 Å². The van der Waals surface area contributed by atoms with E-state index in [2.05, 4.69) is 30.6 Å². The molecule has 106 valence electrons. The molecule has 21 heavy (non-hydrogen) atoms. The number of aromatic amines is 1. The van der Waals surface area contributed by atoms with Crippen LogP contribution in [0.2, 0.25) is 0 Å². The van der Waals surface area contributed by atoms with Gasteiger partial charge in [0, 0.05) is 29.4 Å². The maximum Gasteiger partial charge on any atom is 0.224 e. The van der Waals surface area contributed by atoms with E-state index in [-0.39, 0.29) is 0 Å². The highest BCUT2D eigenvalue weighted by Crippen LogP contribution is 2.25. The molecule has 0 radical (unpaired) electrons. The summed E-state index contributed by atoms with van der Waals surface area (Å²) in [6, 6.07) is 4.59. The molecular formula is C15H16N6. The van der Waals surface area contributed by atoms with Crippen LogP contribution in [0.3, 0.4) is 0 Å². The molecule has 0 aromatic carbocycles. The molecular weight excluding hydrogens is 264 g/mol. The number of hydrogen-bond acceptors (Lipinski definition) is 5. The van der Waals surface area contributed by atoms with E-state index in [1.54, 1.807) is 6.20 Å². The summed E-state index contributed by atoms with van der Waals surface area (Å²) in [4.78, 5) is 16.3. The van der Waals surface area contributed by atoms with Gasteiger partial charge in [0.2, 0.25) is 5.95 Å². The van der Waals surface area contributed by atoms with E-state index in [9.17, 15) is 0 Å². The number of aryl methyl sites for hydroxylation is 1. The molecule has 0 amide bonds.